The van der Waals surface area contributed by atoms with Crippen LogP contribution in [0.25, 0.3) is 5.52 Å². The molecule has 0 radical (unpaired) electrons. The fourth-order valence-corrected chi connectivity index (χ4v) is 2.96. The second-order valence-electron chi connectivity index (χ2n) is 5.65. The highest BCUT2D eigenvalue weighted by Gasteiger charge is 2.13. The molecule has 3 aromatic rings. The lowest BCUT2D eigenvalue weighted by atomic mass is 10.2. The molecule has 8 heteroatoms. The summed E-state index contributed by atoms with van der Waals surface area (Å²) >= 11 is 0. The van der Waals surface area contributed by atoms with Crippen LogP contribution >= 0.6 is 0 Å². The number of hydrogen-bond donors (Lipinski definition) is 1. The molecule has 0 atom stereocenters. The molecule has 0 aliphatic carbocycles. The van der Waals surface area contributed by atoms with E-state index < -0.39 is 10.0 Å². The normalized spacial score (nSPS) is 11.4. The van der Waals surface area contributed by atoms with Crippen LogP contribution in [0.1, 0.15) is 15.9 Å². The van der Waals surface area contributed by atoms with Crippen molar-refractivity contribution in [3.05, 3.63) is 66.0 Å². The molecule has 1 aromatic carbocycles. The molecule has 0 fully saturated rings. The number of carbonyl (C=O) groups excluding carboxylic acids is 1. The van der Waals surface area contributed by atoms with Gasteiger partial charge in [-0.15, -0.1) is 0 Å². The Morgan fingerprint density at radius 1 is 1.20 bits per heavy atom. The maximum absolute atomic E-state index is 12.3. The van der Waals surface area contributed by atoms with E-state index >= 15 is 0 Å². The molecule has 2 heterocycles. The van der Waals surface area contributed by atoms with E-state index in [4.69, 9.17) is 0 Å². The van der Waals surface area contributed by atoms with Crippen LogP contribution in [0.15, 0.2) is 54.9 Å². The predicted octanol–water partition coefficient (Wildman–Crippen LogP) is 1.66. The van der Waals surface area contributed by atoms with Crippen molar-refractivity contribution in [1.82, 2.24) is 14.9 Å². The maximum atomic E-state index is 12.3. The van der Waals surface area contributed by atoms with Crippen LogP contribution < -0.4 is 9.62 Å². The van der Waals surface area contributed by atoms with E-state index in [0.717, 1.165) is 21.6 Å². The Morgan fingerprint density at radius 2 is 1.92 bits per heavy atom. The molecular weight excluding hydrogens is 340 g/mol. The number of benzene rings is 1. The summed E-state index contributed by atoms with van der Waals surface area (Å²) in [6, 6.07) is 12.1. The minimum absolute atomic E-state index is 0.227. The number of rotatable bonds is 5. The summed E-state index contributed by atoms with van der Waals surface area (Å²) in [4.78, 5) is 12.3. The van der Waals surface area contributed by atoms with E-state index in [1.54, 1.807) is 35.0 Å². The third-order valence-electron chi connectivity index (χ3n) is 3.95. The highest BCUT2D eigenvalue weighted by molar-refractivity contribution is 7.92. The Bertz CT molecular complexity index is 1010. The minimum atomic E-state index is -3.33. The lowest BCUT2D eigenvalue weighted by Gasteiger charge is -2.16. The monoisotopic (exact) mass is 358 g/mol. The summed E-state index contributed by atoms with van der Waals surface area (Å²) in [5, 5.41) is 7.03. The number of carbonyl (C=O) groups is 1. The van der Waals surface area contributed by atoms with Crippen molar-refractivity contribution in [3.63, 3.8) is 0 Å². The number of nitrogens with one attached hydrogen (secondary N) is 1. The zero-order valence-corrected chi connectivity index (χ0v) is 14.7. The molecule has 0 bridgehead atoms. The maximum Gasteiger partial charge on any atom is 0.251 e. The van der Waals surface area contributed by atoms with Crippen LogP contribution in [0.3, 0.4) is 0 Å². The third kappa shape index (κ3) is 3.63. The Hall–Kier alpha value is -2.87. The fraction of sp³-hybridized carbons (Fsp3) is 0.176. The van der Waals surface area contributed by atoms with Crippen molar-refractivity contribution in [2.24, 2.45) is 0 Å². The molecule has 0 spiro atoms. The second kappa shape index (κ2) is 6.56. The van der Waals surface area contributed by atoms with Crippen LogP contribution in [-0.2, 0) is 16.6 Å². The molecular formula is C17H18N4O3S. The number of aromatic nitrogens is 2. The lowest BCUT2D eigenvalue weighted by Crippen LogP contribution is -2.25. The number of pyridine rings is 1. The zero-order chi connectivity index (χ0) is 18.0. The Morgan fingerprint density at radius 3 is 2.60 bits per heavy atom. The summed E-state index contributed by atoms with van der Waals surface area (Å²) < 4.78 is 26.0. The summed E-state index contributed by atoms with van der Waals surface area (Å²) in [5.41, 5.74) is 2.86. The molecule has 7 nitrogen and oxygen atoms in total. The summed E-state index contributed by atoms with van der Waals surface area (Å²) in [5.74, 6) is -0.227. The smallest absolute Gasteiger partial charge is 0.251 e. The summed E-state index contributed by atoms with van der Waals surface area (Å²) in [6.45, 7) is 0.375. The van der Waals surface area contributed by atoms with Crippen LogP contribution in [0.5, 0.6) is 0 Å². The molecule has 25 heavy (non-hydrogen) atoms. The first-order chi connectivity index (χ1) is 11.9. The van der Waals surface area contributed by atoms with E-state index in [1.807, 2.05) is 24.4 Å². The Kier molecular flexibility index (Phi) is 4.45. The van der Waals surface area contributed by atoms with Crippen molar-refractivity contribution in [2.75, 3.05) is 17.6 Å². The van der Waals surface area contributed by atoms with Gasteiger partial charge >= 0.3 is 0 Å². The topological polar surface area (TPSA) is 83.8 Å². The average molecular weight is 358 g/mol. The number of sulfonamides is 1. The fourth-order valence-electron chi connectivity index (χ4n) is 2.45. The van der Waals surface area contributed by atoms with Gasteiger partial charge in [-0.3, -0.25) is 9.10 Å². The van der Waals surface area contributed by atoms with Crippen LogP contribution in [0.4, 0.5) is 5.69 Å². The Balaban J connectivity index is 1.70. The van der Waals surface area contributed by atoms with E-state index in [2.05, 4.69) is 10.4 Å². The van der Waals surface area contributed by atoms with E-state index in [-0.39, 0.29) is 5.91 Å². The van der Waals surface area contributed by atoms with Gasteiger partial charge in [0.2, 0.25) is 10.0 Å². The number of anilines is 1. The first kappa shape index (κ1) is 17.0. The van der Waals surface area contributed by atoms with Crippen LogP contribution in [0.2, 0.25) is 0 Å². The minimum Gasteiger partial charge on any atom is -0.348 e. The molecule has 0 saturated carbocycles. The molecule has 2 aromatic heterocycles. The molecule has 0 unspecified atom stereocenters. The highest BCUT2D eigenvalue weighted by atomic mass is 32.2. The molecule has 0 saturated heterocycles. The zero-order valence-electron chi connectivity index (χ0n) is 13.9. The first-order valence-corrected chi connectivity index (χ1v) is 9.44. The van der Waals surface area contributed by atoms with Crippen molar-refractivity contribution in [3.8, 4) is 0 Å². The van der Waals surface area contributed by atoms with Gasteiger partial charge in [-0.25, -0.2) is 12.9 Å². The number of fused-ring (bicyclic) bond motifs is 1. The van der Waals surface area contributed by atoms with Gasteiger partial charge in [0.25, 0.3) is 5.91 Å². The van der Waals surface area contributed by atoms with Gasteiger partial charge in [0.15, 0.2) is 0 Å². The van der Waals surface area contributed by atoms with Crippen molar-refractivity contribution < 1.29 is 13.2 Å². The summed E-state index contributed by atoms with van der Waals surface area (Å²) in [7, 11) is -1.86. The van der Waals surface area contributed by atoms with Gasteiger partial charge in [-0.05, 0) is 42.0 Å². The van der Waals surface area contributed by atoms with Crippen molar-refractivity contribution in [1.29, 1.82) is 0 Å². The van der Waals surface area contributed by atoms with E-state index in [0.29, 0.717) is 17.8 Å². The standard InChI is InChI=1S/C17H18N4O3S/c1-20(25(2,23)24)15-7-5-13(6-8-15)17(22)18-12-14-4-3-11-21-16(14)9-10-19-21/h3-11H,12H2,1-2H3,(H,18,22). The van der Waals surface area contributed by atoms with Gasteiger partial charge < -0.3 is 5.32 Å². The van der Waals surface area contributed by atoms with Crippen LogP contribution in [-0.4, -0.2) is 37.2 Å². The van der Waals surface area contributed by atoms with Gasteiger partial charge in [-0.1, -0.05) is 6.07 Å². The molecule has 1 N–H and O–H groups in total. The molecule has 0 aliphatic heterocycles. The molecule has 3 rings (SSSR count). The number of nitrogens with zero attached hydrogens (tertiary/aromatic N) is 3. The van der Waals surface area contributed by atoms with Gasteiger partial charge in [0.05, 0.1) is 17.5 Å². The Labute approximate surface area is 145 Å². The number of hydrogen-bond acceptors (Lipinski definition) is 4. The second-order valence-corrected chi connectivity index (χ2v) is 7.67. The van der Waals surface area contributed by atoms with Gasteiger partial charge in [0.1, 0.15) is 0 Å². The first-order valence-electron chi connectivity index (χ1n) is 7.59. The highest BCUT2D eigenvalue weighted by Crippen LogP contribution is 2.16. The average Bonchev–Trinajstić information content (AvgIpc) is 3.07. The lowest BCUT2D eigenvalue weighted by molar-refractivity contribution is 0.0951. The molecule has 0 aliphatic rings. The summed E-state index contributed by atoms with van der Waals surface area (Å²) in [6.07, 6.45) is 4.68. The van der Waals surface area contributed by atoms with Crippen molar-refractivity contribution >= 4 is 27.1 Å². The number of amides is 1. The SMILES string of the molecule is CN(c1ccc(C(=O)NCc2cccn3nccc23)cc1)S(C)(=O)=O. The van der Waals surface area contributed by atoms with Gasteiger partial charge in [-0.2, -0.15) is 5.10 Å². The largest absolute Gasteiger partial charge is 0.348 e. The molecule has 1 amide bonds. The van der Waals surface area contributed by atoms with E-state index in [9.17, 15) is 13.2 Å². The van der Waals surface area contributed by atoms with Crippen LogP contribution in [0, 0.1) is 0 Å². The van der Waals surface area contributed by atoms with Gasteiger partial charge in [0, 0.05) is 31.5 Å². The van der Waals surface area contributed by atoms with E-state index in [1.165, 1.54) is 7.05 Å². The molecule has 130 valence electrons. The quantitative estimate of drug-likeness (QED) is 0.752. The van der Waals surface area contributed by atoms with Crippen molar-refractivity contribution in [2.45, 2.75) is 6.54 Å². The predicted molar refractivity (Wildman–Crippen MR) is 96.1 cm³/mol. The third-order valence-corrected chi connectivity index (χ3v) is 5.16.